The summed E-state index contributed by atoms with van der Waals surface area (Å²) >= 11 is 0. The van der Waals surface area contributed by atoms with Gasteiger partial charge in [0.25, 0.3) is 10.0 Å². The highest BCUT2D eigenvalue weighted by Crippen LogP contribution is 2.33. The van der Waals surface area contributed by atoms with Crippen LogP contribution in [-0.4, -0.2) is 45.7 Å². The maximum absolute atomic E-state index is 13.3. The summed E-state index contributed by atoms with van der Waals surface area (Å²) < 4.78 is 33.4. The Bertz CT molecular complexity index is 1080. The Kier molecular flexibility index (Phi) is 4.57. The molecule has 7 heteroatoms. The monoisotopic (exact) mass is 385 g/mol. The van der Waals surface area contributed by atoms with Gasteiger partial charge < -0.3 is 15.0 Å². The van der Waals surface area contributed by atoms with Gasteiger partial charge in [0, 0.05) is 43.4 Å². The number of hydrogen-bond donors (Lipinski definition) is 1. The standard InChI is InChI=1S/C20H23N3O3S/c1-15-6-7-20(19(14-15)26-2)27(24,25)23-11-8-16-17(4-3-5-18(16)23)22-12-9-21-10-13-22/h3-8,11,14,21H,9-10,12-13H2,1-2H3. The van der Waals surface area contributed by atoms with Crippen LogP contribution in [0.1, 0.15) is 5.56 Å². The number of benzene rings is 2. The summed E-state index contributed by atoms with van der Waals surface area (Å²) in [5, 5.41) is 4.28. The minimum Gasteiger partial charge on any atom is -0.495 e. The van der Waals surface area contributed by atoms with E-state index in [4.69, 9.17) is 4.74 Å². The molecule has 27 heavy (non-hydrogen) atoms. The molecular weight excluding hydrogens is 362 g/mol. The summed E-state index contributed by atoms with van der Waals surface area (Å²) in [4.78, 5) is 2.46. The molecule has 6 nitrogen and oxygen atoms in total. The Hall–Kier alpha value is -2.51. The highest BCUT2D eigenvalue weighted by atomic mass is 32.2. The number of anilines is 1. The zero-order chi connectivity index (χ0) is 19.0. The number of nitrogens with zero attached hydrogens (tertiary/aromatic N) is 2. The van der Waals surface area contributed by atoms with Gasteiger partial charge in [-0.05, 0) is 42.8 Å². The number of aromatic nitrogens is 1. The minimum absolute atomic E-state index is 0.167. The molecule has 0 saturated carbocycles. The van der Waals surface area contributed by atoms with E-state index in [1.54, 1.807) is 24.4 Å². The van der Waals surface area contributed by atoms with Crippen LogP contribution in [0.4, 0.5) is 5.69 Å². The average Bonchev–Trinajstić information content (AvgIpc) is 3.13. The van der Waals surface area contributed by atoms with Crippen LogP contribution >= 0.6 is 0 Å². The maximum atomic E-state index is 13.3. The van der Waals surface area contributed by atoms with E-state index >= 15 is 0 Å². The third-order valence-electron chi connectivity index (χ3n) is 4.99. The fourth-order valence-corrected chi connectivity index (χ4v) is 5.10. The van der Waals surface area contributed by atoms with E-state index in [1.807, 2.05) is 25.1 Å². The molecule has 0 aliphatic carbocycles. The molecule has 1 aliphatic heterocycles. The van der Waals surface area contributed by atoms with E-state index in [0.717, 1.165) is 42.8 Å². The lowest BCUT2D eigenvalue weighted by Gasteiger charge is -2.30. The average molecular weight is 385 g/mol. The molecule has 142 valence electrons. The molecule has 2 heterocycles. The summed E-state index contributed by atoms with van der Waals surface area (Å²) in [5.74, 6) is 0.357. The van der Waals surface area contributed by atoms with Gasteiger partial charge in [-0.2, -0.15) is 0 Å². The Labute approximate surface area is 159 Å². The van der Waals surface area contributed by atoms with Crippen LogP contribution in [0.15, 0.2) is 53.6 Å². The molecule has 4 rings (SSSR count). The second-order valence-corrected chi connectivity index (χ2v) is 8.50. The van der Waals surface area contributed by atoms with Crippen molar-refractivity contribution in [1.29, 1.82) is 0 Å². The largest absolute Gasteiger partial charge is 0.495 e. The predicted octanol–water partition coefficient (Wildman–Crippen LogP) is 2.60. The summed E-state index contributed by atoms with van der Waals surface area (Å²) in [6, 6.07) is 12.8. The van der Waals surface area contributed by atoms with Crippen LogP contribution in [0, 0.1) is 6.92 Å². The van der Waals surface area contributed by atoms with Crippen molar-refractivity contribution in [1.82, 2.24) is 9.29 Å². The van der Waals surface area contributed by atoms with Crippen molar-refractivity contribution in [3.8, 4) is 5.75 Å². The first kappa shape index (κ1) is 17.9. The van der Waals surface area contributed by atoms with Gasteiger partial charge in [0.1, 0.15) is 10.6 Å². The summed E-state index contributed by atoms with van der Waals surface area (Å²) in [5.41, 5.74) is 2.69. The second-order valence-electron chi connectivity index (χ2n) is 6.72. The van der Waals surface area contributed by atoms with Gasteiger partial charge in [0.15, 0.2) is 0 Å². The van der Waals surface area contributed by atoms with Gasteiger partial charge >= 0.3 is 0 Å². The van der Waals surface area contributed by atoms with Crippen molar-refractivity contribution >= 4 is 26.6 Å². The molecule has 0 unspecified atom stereocenters. The molecule has 3 aromatic rings. The number of methoxy groups -OCH3 is 1. The first-order chi connectivity index (χ1) is 13.0. The van der Waals surface area contributed by atoms with Crippen molar-refractivity contribution in [2.24, 2.45) is 0 Å². The molecule has 2 aromatic carbocycles. The van der Waals surface area contributed by atoms with Gasteiger partial charge in [-0.15, -0.1) is 0 Å². The topological polar surface area (TPSA) is 63.6 Å². The van der Waals surface area contributed by atoms with Crippen LogP contribution < -0.4 is 15.0 Å². The quantitative estimate of drug-likeness (QED) is 0.748. The molecule has 0 atom stereocenters. The molecule has 1 saturated heterocycles. The molecule has 0 spiro atoms. The van der Waals surface area contributed by atoms with Crippen molar-refractivity contribution in [3.63, 3.8) is 0 Å². The SMILES string of the molecule is COc1cc(C)ccc1S(=O)(=O)n1ccc2c(N3CCNCC3)cccc21. The van der Waals surface area contributed by atoms with Gasteiger partial charge in [0.2, 0.25) is 0 Å². The van der Waals surface area contributed by atoms with Crippen LogP contribution in [0.5, 0.6) is 5.75 Å². The number of piperazine rings is 1. The van der Waals surface area contributed by atoms with Crippen LogP contribution in [0.25, 0.3) is 10.9 Å². The molecule has 1 aromatic heterocycles. The van der Waals surface area contributed by atoms with Gasteiger partial charge in [-0.1, -0.05) is 12.1 Å². The highest BCUT2D eigenvalue weighted by molar-refractivity contribution is 7.90. The molecular formula is C20H23N3O3S. The van der Waals surface area contributed by atoms with Crippen molar-refractivity contribution in [3.05, 3.63) is 54.2 Å². The normalized spacial score (nSPS) is 15.3. The number of hydrogen-bond acceptors (Lipinski definition) is 5. The predicted molar refractivity (Wildman–Crippen MR) is 107 cm³/mol. The maximum Gasteiger partial charge on any atom is 0.271 e. The number of fused-ring (bicyclic) bond motifs is 1. The number of aryl methyl sites for hydroxylation is 1. The van der Waals surface area contributed by atoms with Crippen LogP contribution in [0.3, 0.4) is 0 Å². The van der Waals surface area contributed by atoms with E-state index in [-0.39, 0.29) is 4.90 Å². The number of ether oxygens (including phenoxy) is 1. The van der Waals surface area contributed by atoms with E-state index in [1.165, 1.54) is 11.1 Å². The van der Waals surface area contributed by atoms with Gasteiger partial charge in [-0.25, -0.2) is 12.4 Å². The highest BCUT2D eigenvalue weighted by Gasteiger charge is 2.24. The first-order valence-corrected chi connectivity index (χ1v) is 10.4. The van der Waals surface area contributed by atoms with Crippen LogP contribution in [0.2, 0.25) is 0 Å². The summed E-state index contributed by atoms with van der Waals surface area (Å²) in [7, 11) is -2.28. The van der Waals surface area contributed by atoms with Crippen LogP contribution in [-0.2, 0) is 10.0 Å². The third-order valence-corrected chi connectivity index (χ3v) is 6.72. The Morgan fingerprint density at radius 1 is 1.07 bits per heavy atom. The fraction of sp³-hybridized carbons (Fsp3) is 0.300. The van der Waals surface area contributed by atoms with E-state index in [2.05, 4.69) is 16.3 Å². The van der Waals surface area contributed by atoms with Gasteiger partial charge in [0.05, 0.1) is 12.6 Å². The molecule has 1 N–H and O–H groups in total. The lowest BCUT2D eigenvalue weighted by molar-refractivity contribution is 0.402. The van der Waals surface area contributed by atoms with E-state index in [0.29, 0.717) is 11.3 Å². The minimum atomic E-state index is -3.77. The smallest absolute Gasteiger partial charge is 0.271 e. The molecule has 1 aliphatic rings. The molecule has 1 fully saturated rings. The lowest BCUT2D eigenvalue weighted by atomic mass is 10.2. The Morgan fingerprint density at radius 3 is 2.59 bits per heavy atom. The zero-order valence-corrected chi connectivity index (χ0v) is 16.3. The summed E-state index contributed by atoms with van der Waals surface area (Å²) in [6.45, 7) is 5.57. The third kappa shape index (κ3) is 3.07. The Balaban J connectivity index is 1.85. The van der Waals surface area contributed by atoms with Gasteiger partial charge in [-0.3, -0.25) is 0 Å². The second kappa shape index (κ2) is 6.90. The molecule has 0 amide bonds. The van der Waals surface area contributed by atoms with Crippen molar-refractivity contribution in [2.75, 3.05) is 38.2 Å². The number of nitrogens with one attached hydrogen (secondary N) is 1. The first-order valence-electron chi connectivity index (χ1n) is 8.98. The summed E-state index contributed by atoms with van der Waals surface area (Å²) in [6.07, 6.45) is 1.63. The fourth-order valence-electron chi connectivity index (χ4n) is 3.61. The zero-order valence-electron chi connectivity index (χ0n) is 15.5. The van der Waals surface area contributed by atoms with E-state index < -0.39 is 10.0 Å². The lowest BCUT2D eigenvalue weighted by Crippen LogP contribution is -2.43. The van der Waals surface area contributed by atoms with E-state index in [9.17, 15) is 8.42 Å². The molecule has 0 bridgehead atoms. The van der Waals surface area contributed by atoms with Crippen molar-refractivity contribution in [2.45, 2.75) is 11.8 Å². The van der Waals surface area contributed by atoms with Crippen molar-refractivity contribution < 1.29 is 13.2 Å². The Morgan fingerprint density at radius 2 is 1.85 bits per heavy atom. The number of rotatable bonds is 4. The molecule has 0 radical (unpaired) electrons.